The summed E-state index contributed by atoms with van der Waals surface area (Å²) in [5, 5.41) is 3.47. The van der Waals surface area contributed by atoms with E-state index in [1.807, 2.05) is 30.3 Å². The standard InChI is InChI=1S/C33H33Cl2N3O5S/c1-3-36-33(40)31(20-24-11-6-4-7-12-24)37(22-25-17-18-29(34)30(35)19-25)32(39)23-38(26-13-10-14-27(21-26)43-2)44(41,42)28-15-8-5-9-16-28/h4-19,21,31H,3,20,22-23H2,1-2H3,(H,36,40)/t31-/m0/s1. The normalized spacial score (nSPS) is 11.8. The van der Waals surface area contributed by atoms with E-state index in [0.717, 1.165) is 9.87 Å². The SMILES string of the molecule is CCNC(=O)[C@H](Cc1ccccc1)N(Cc1ccc(Cl)c(Cl)c1)C(=O)CN(c1cccc(OC)c1)S(=O)(=O)c1ccccc1. The van der Waals surface area contributed by atoms with Crippen molar-refractivity contribution in [2.24, 2.45) is 0 Å². The fourth-order valence-electron chi connectivity index (χ4n) is 4.69. The summed E-state index contributed by atoms with van der Waals surface area (Å²) in [4.78, 5) is 29.4. The Balaban J connectivity index is 1.81. The number of benzene rings is 4. The summed E-state index contributed by atoms with van der Waals surface area (Å²) in [7, 11) is -2.74. The molecular formula is C33H33Cl2N3O5S. The first kappa shape index (κ1) is 32.9. The number of hydrogen-bond donors (Lipinski definition) is 1. The molecule has 0 spiro atoms. The number of carbonyl (C=O) groups is 2. The van der Waals surface area contributed by atoms with Crippen molar-refractivity contribution in [3.05, 3.63) is 124 Å². The average molecular weight is 655 g/mol. The highest BCUT2D eigenvalue weighted by Crippen LogP contribution is 2.29. The van der Waals surface area contributed by atoms with E-state index in [2.05, 4.69) is 5.32 Å². The number of nitrogens with zero attached hydrogens (tertiary/aromatic N) is 2. The van der Waals surface area contributed by atoms with E-state index in [9.17, 15) is 18.0 Å². The molecule has 4 aromatic carbocycles. The number of halogens is 2. The van der Waals surface area contributed by atoms with Gasteiger partial charge in [-0.2, -0.15) is 0 Å². The van der Waals surface area contributed by atoms with Crippen LogP contribution in [0.1, 0.15) is 18.1 Å². The van der Waals surface area contributed by atoms with Gasteiger partial charge in [-0.15, -0.1) is 0 Å². The van der Waals surface area contributed by atoms with E-state index >= 15 is 0 Å². The second-order valence-corrected chi connectivity index (χ2v) is 12.6. The monoisotopic (exact) mass is 653 g/mol. The zero-order chi connectivity index (χ0) is 31.7. The van der Waals surface area contributed by atoms with E-state index in [-0.39, 0.29) is 29.5 Å². The van der Waals surface area contributed by atoms with Gasteiger partial charge < -0.3 is 15.0 Å². The van der Waals surface area contributed by atoms with Gasteiger partial charge in [-0.25, -0.2) is 8.42 Å². The summed E-state index contributed by atoms with van der Waals surface area (Å²) in [6.07, 6.45) is 0.199. The molecule has 0 saturated heterocycles. The molecule has 1 N–H and O–H groups in total. The summed E-state index contributed by atoms with van der Waals surface area (Å²) in [5.74, 6) is -0.547. The second kappa shape index (κ2) is 15.1. The van der Waals surface area contributed by atoms with Crippen molar-refractivity contribution in [3.63, 3.8) is 0 Å². The molecule has 4 rings (SSSR count). The summed E-state index contributed by atoms with van der Waals surface area (Å²) in [6, 6.07) is 27.6. The molecule has 0 radical (unpaired) electrons. The maximum atomic E-state index is 14.4. The summed E-state index contributed by atoms with van der Waals surface area (Å²) < 4.78 is 34.4. The van der Waals surface area contributed by atoms with Crippen LogP contribution in [-0.2, 0) is 32.6 Å². The summed E-state index contributed by atoms with van der Waals surface area (Å²) >= 11 is 12.5. The lowest BCUT2D eigenvalue weighted by molar-refractivity contribution is -0.140. The van der Waals surface area contributed by atoms with Crippen LogP contribution >= 0.6 is 23.2 Å². The molecule has 0 aliphatic heterocycles. The number of carbonyl (C=O) groups excluding carboxylic acids is 2. The Labute approximate surface area is 268 Å². The fourth-order valence-corrected chi connectivity index (χ4v) is 6.44. The Kier molecular flexibility index (Phi) is 11.3. The molecule has 0 bridgehead atoms. The van der Waals surface area contributed by atoms with E-state index < -0.39 is 28.5 Å². The number of amides is 2. The van der Waals surface area contributed by atoms with E-state index in [1.165, 1.54) is 24.1 Å². The number of methoxy groups -OCH3 is 1. The number of ether oxygens (including phenoxy) is 1. The molecule has 1 atom stereocenters. The van der Waals surface area contributed by atoms with Crippen molar-refractivity contribution < 1.29 is 22.7 Å². The summed E-state index contributed by atoms with van der Waals surface area (Å²) in [5.41, 5.74) is 1.68. The van der Waals surface area contributed by atoms with Crippen molar-refractivity contribution in [2.75, 3.05) is 24.5 Å². The number of rotatable bonds is 13. The Hall–Kier alpha value is -4.05. The minimum Gasteiger partial charge on any atom is -0.497 e. The molecule has 2 amide bonds. The van der Waals surface area contributed by atoms with Crippen LogP contribution in [-0.4, -0.2) is 51.4 Å². The van der Waals surface area contributed by atoms with Crippen molar-refractivity contribution >= 4 is 50.7 Å². The second-order valence-electron chi connectivity index (χ2n) is 9.90. The topological polar surface area (TPSA) is 96.0 Å². The van der Waals surface area contributed by atoms with Gasteiger partial charge >= 0.3 is 0 Å². The van der Waals surface area contributed by atoms with Crippen molar-refractivity contribution in [3.8, 4) is 5.75 Å². The van der Waals surface area contributed by atoms with Crippen LogP contribution in [0.3, 0.4) is 0 Å². The number of anilines is 1. The lowest BCUT2D eigenvalue weighted by atomic mass is 10.0. The van der Waals surface area contributed by atoms with Crippen LogP contribution in [0.5, 0.6) is 5.75 Å². The third-order valence-corrected chi connectivity index (χ3v) is 9.44. The van der Waals surface area contributed by atoms with Crippen LogP contribution in [0.15, 0.2) is 108 Å². The van der Waals surface area contributed by atoms with Crippen molar-refractivity contribution in [1.29, 1.82) is 0 Å². The highest BCUT2D eigenvalue weighted by molar-refractivity contribution is 7.92. The maximum Gasteiger partial charge on any atom is 0.264 e. The number of nitrogens with one attached hydrogen (secondary N) is 1. The predicted molar refractivity (Wildman–Crippen MR) is 174 cm³/mol. The first-order valence-corrected chi connectivity index (χ1v) is 16.1. The quantitative estimate of drug-likeness (QED) is 0.192. The van der Waals surface area contributed by atoms with Crippen LogP contribution in [0.25, 0.3) is 0 Å². The smallest absolute Gasteiger partial charge is 0.264 e. The molecule has 0 unspecified atom stereocenters. The molecule has 0 aliphatic carbocycles. The average Bonchev–Trinajstić information content (AvgIpc) is 3.04. The van der Waals surface area contributed by atoms with Gasteiger partial charge in [0.05, 0.1) is 27.7 Å². The third kappa shape index (κ3) is 8.11. The molecule has 0 fully saturated rings. The van der Waals surface area contributed by atoms with Crippen LogP contribution in [0.4, 0.5) is 5.69 Å². The molecule has 44 heavy (non-hydrogen) atoms. The Morgan fingerprint density at radius 1 is 0.841 bits per heavy atom. The van der Waals surface area contributed by atoms with Gasteiger partial charge in [0.25, 0.3) is 10.0 Å². The molecule has 4 aromatic rings. The van der Waals surface area contributed by atoms with Gasteiger partial charge in [0, 0.05) is 25.6 Å². The molecule has 0 aliphatic rings. The molecular weight excluding hydrogens is 621 g/mol. The van der Waals surface area contributed by atoms with Crippen LogP contribution in [0, 0.1) is 0 Å². The van der Waals surface area contributed by atoms with Crippen molar-refractivity contribution in [2.45, 2.75) is 30.8 Å². The Bertz CT molecular complexity index is 1690. The minimum atomic E-state index is -4.22. The first-order chi connectivity index (χ1) is 21.1. The summed E-state index contributed by atoms with van der Waals surface area (Å²) in [6.45, 7) is 1.52. The molecule has 11 heteroatoms. The zero-order valence-electron chi connectivity index (χ0n) is 24.3. The van der Waals surface area contributed by atoms with Gasteiger partial charge in [-0.3, -0.25) is 13.9 Å². The minimum absolute atomic E-state index is 0.0104. The van der Waals surface area contributed by atoms with E-state index in [0.29, 0.717) is 27.9 Å². The Morgan fingerprint density at radius 3 is 2.16 bits per heavy atom. The van der Waals surface area contributed by atoms with E-state index in [1.54, 1.807) is 67.6 Å². The van der Waals surface area contributed by atoms with Crippen molar-refractivity contribution in [1.82, 2.24) is 10.2 Å². The van der Waals surface area contributed by atoms with Gasteiger partial charge in [-0.1, -0.05) is 83.9 Å². The predicted octanol–water partition coefficient (Wildman–Crippen LogP) is 5.97. The zero-order valence-corrected chi connectivity index (χ0v) is 26.6. The van der Waals surface area contributed by atoms with Crippen LogP contribution in [0.2, 0.25) is 10.0 Å². The molecule has 8 nitrogen and oxygen atoms in total. The van der Waals surface area contributed by atoms with Gasteiger partial charge in [0.15, 0.2) is 0 Å². The Morgan fingerprint density at radius 2 is 1.52 bits per heavy atom. The van der Waals surface area contributed by atoms with Gasteiger partial charge in [-0.05, 0) is 54.4 Å². The maximum absolute atomic E-state index is 14.4. The molecule has 0 heterocycles. The number of likely N-dealkylation sites (N-methyl/N-ethyl adjacent to an activating group) is 1. The fraction of sp³-hybridized carbons (Fsp3) is 0.212. The molecule has 0 aromatic heterocycles. The largest absolute Gasteiger partial charge is 0.497 e. The number of hydrogen-bond acceptors (Lipinski definition) is 5. The highest BCUT2D eigenvalue weighted by atomic mass is 35.5. The van der Waals surface area contributed by atoms with E-state index in [4.69, 9.17) is 27.9 Å². The van der Waals surface area contributed by atoms with Gasteiger partial charge in [0.1, 0.15) is 18.3 Å². The third-order valence-electron chi connectivity index (χ3n) is 6.91. The highest BCUT2D eigenvalue weighted by Gasteiger charge is 2.34. The van der Waals surface area contributed by atoms with Crippen LogP contribution < -0.4 is 14.4 Å². The first-order valence-electron chi connectivity index (χ1n) is 13.9. The van der Waals surface area contributed by atoms with Gasteiger partial charge in [0.2, 0.25) is 11.8 Å². The number of sulfonamides is 1. The lowest BCUT2D eigenvalue weighted by Gasteiger charge is -2.34. The molecule has 0 saturated carbocycles. The lowest BCUT2D eigenvalue weighted by Crippen LogP contribution is -2.53. The molecule has 230 valence electrons.